The summed E-state index contributed by atoms with van der Waals surface area (Å²) in [5.74, 6) is -3.04. The predicted molar refractivity (Wildman–Crippen MR) is 52.0 cm³/mol. The van der Waals surface area contributed by atoms with Gasteiger partial charge in [-0.3, -0.25) is 0 Å². The maximum absolute atomic E-state index is 11.9. The molecule has 0 saturated heterocycles. The molecule has 0 aromatic heterocycles. The molecule has 0 aromatic carbocycles. The van der Waals surface area contributed by atoms with Crippen molar-refractivity contribution in [3.05, 3.63) is 12.2 Å². The van der Waals surface area contributed by atoms with Gasteiger partial charge in [0.1, 0.15) is 12.7 Å². The molecule has 98 valence electrons. The van der Waals surface area contributed by atoms with Crippen molar-refractivity contribution in [2.24, 2.45) is 0 Å². The van der Waals surface area contributed by atoms with Crippen molar-refractivity contribution in [2.75, 3.05) is 6.61 Å². The number of esters is 2. The molecule has 0 aliphatic rings. The second kappa shape index (κ2) is 6.27. The molecular weight excluding hydrogens is 241 g/mol. The summed E-state index contributed by atoms with van der Waals surface area (Å²) in [6.07, 6.45) is -6.07. The van der Waals surface area contributed by atoms with E-state index in [4.69, 9.17) is 0 Å². The minimum absolute atomic E-state index is 0.102. The Bertz CT molecular complexity index is 309. The Hall–Kier alpha value is -1.53. The van der Waals surface area contributed by atoms with Gasteiger partial charge >= 0.3 is 18.1 Å². The SMILES string of the molecule is C=C(C)C(=O)OCC(CC)OC(=O)C(F)(F)F. The number of halogens is 3. The van der Waals surface area contributed by atoms with Crippen LogP contribution in [0.4, 0.5) is 13.2 Å². The van der Waals surface area contributed by atoms with E-state index in [9.17, 15) is 22.8 Å². The maximum atomic E-state index is 11.9. The van der Waals surface area contributed by atoms with Crippen molar-refractivity contribution in [1.29, 1.82) is 0 Å². The molecule has 0 saturated carbocycles. The Kier molecular flexibility index (Phi) is 5.70. The van der Waals surface area contributed by atoms with Crippen LogP contribution in [0.3, 0.4) is 0 Å². The number of ether oxygens (including phenoxy) is 2. The van der Waals surface area contributed by atoms with Crippen molar-refractivity contribution in [2.45, 2.75) is 32.5 Å². The summed E-state index contributed by atoms with van der Waals surface area (Å²) < 4.78 is 44.3. The molecule has 0 bridgehead atoms. The van der Waals surface area contributed by atoms with E-state index in [1.165, 1.54) is 13.8 Å². The fraction of sp³-hybridized carbons (Fsp3) is 0.600. The predicted octanol–water partition coefficient (Wildman–Crippen LogP) is 1.99. The van der Waals surface area contributed by atoms with Crippen LogP contribution in [-0.2, 0) is 19.1 Å². The van der Waals surface area contributed by atoms with Gasteiger partial charge in [0, 0.05) is 5.57 Å². The lowest BCUT2D eigenvalue weighted by Gasteiger charge is -2.17. The van der Waals surface area contributed by atoms with E-state index in [1.54, 1.807) is 0 Å². The summed E-state index contributed by atoms with van der Waals surface area (Å²) in [7, 11) is 0. The fourth-order valence-corrected chi connectivity index (χ4v) is 0.745. The lowest BCUT2D eigenvalue weighted by atomic mass is 10.3. The summed E-state index contributed by atoms with van der Waals surface area (Å²) in [5.41, 5.74) is 0.113. The lowest BCUT2D eigenvalue weighted by molar-refractivity contribution is -0.207. The highest BCUT2D eigenvalue weighted by Crippen LogP contribution is 2.18. The highest BCUT2D eigenvalue weighted by Gasteiger charge is 2.42. The quantitative estimate of drug-likeness (QED) is 0.556. The van der Waals surface area contributed by atoms with E-state index in [1.807, 2.05) is 0 Å². The number of carbonyl (C=O) groups is 2. The fourth-order valence-electron chi connectivity index (χ4n) is 0.745. The van der Waals surface area contributed by atoms with E-state index in [0.717, 1.165) is 0 Å². The Morgan fingerprint density at radius 3 is 2.24 bits per heavy atom. The lowest BCUT2D eigenvalue weighted by Crippen LogP contribution is -2.32. The molecule has 0 fully saturated rings. The topological polar surface area (TPSA) is 52.6 Å². The molecule has 0 N–H and O–H groups in total. The number of hydrogen-bond donors (Lipinski definition) is 0. The van der Waals surface area contributed by atoms with Gasteiger partial charge in [-0.1, -0.05) is 13.5 Å². The third kappa shape index (κ3) is 5.94. The van der Waals surface area contributed by atoms with Crippen LogP contribution in [0.15, 0.2) is 12.2 Å². The van der Waals surface area contributed by atoms with E-state index in [0.29, 0.717) is 0 Å². The molecule has 0 radical (unpaired) electrons. The van der Waals surface area contributed by atoms with Crippen LogP contribution < -0.4 is 0 Å². The highest BCUT2D eigenvalue weighted by atomic mass is 19.4. The zero-order chi connectivity index (χ0) is 13.6. The van der Waals surface area contributed by atoms with Gasteiger partial charge in [0.2, 0.25) is 0 Å². The first-order valence-corrected chi connectivity index (χ1v) is 4.78. The molecule has 0 aromatic rings. The van der Waals surface area contributed by atoms with Crippen molar-refractivity contribution in [1.82, 2.24) is 0 Å². The van der Waals surface area contributed by atoms with Crippen LogP contribution >= 0.6 is 0 Å². The standard InChI is InChI=1S/C10H13F3O4/c1-4-7(5-16-8(14)6(2)3)17-9(15)10(11,12)13/h7H,2,4-5H2,1,3H3. The van der Waals surface area contributed by atoms with Crippen LogP contribution in [-0.4, -0.2) is 30.8 Å². The number of rotatable bonds is 5. The average molecular weight is 254 g/mol. The van der Waals surface area contributed by atoms with E-state index >= 15 is 0 Å². The Labute approximate surface area is 96.4 Å². The van der Waals surface area contributed by atoms with E-state index < -0.39 is 30.8 Å². The molecule has 1 atom stereocenters. The van der Waals surface area contributed by atoms with Gasteiger partial charge in [-0.15, -0.1) is 0 Å². The van der Waals surface area contributed by atoms with Gasteiger partial charge in [0.25, 0.3) is 0 Å². The zero-order valence-corrected chi connectivity index (χ0v) is 9.47. The molecule has 0 aliphatic heterocycles. The first-order chi connectivity index (χ1) is 7.68. The smallest absolute Gasteiger partial charge is 0.458 e. The molecule has 0 aliphatic carbocycles. The molecule has 17 heavy (non-hydrogen) atoms. The van der Waals surface area contributed by atoms with Crippen LogP contribution in [0.25, 0.3) is 0 Å². The molecule has 0 spiro atoms. The zero-order valence-electron chi connectivity index (χ0n) is 9.47. The average Bonchev–Trinajstić information content (AvgIpc) is 2.21. The molecule has 0 heterocycles. The van der Waals surface area contributed by atoms with Crippen molar-refractivity contribution in [3.8, 4) is 0 Å². The van der Waals surface area contributed by atoms with E-state index in [-0.39, 0.29) is 12.0 Å². The molecular formula is C10H13F3O4. The first-order valence-electron chi connectivity index (χ1n) is 4.78. The molecule has 1 unspecified atom stereocenters. The summed E-state index contributed by atoms with van der Waals surface area (Å²) in [6.45, 7) is 5.77. The van der Waals surface area contributed by atoms with Gasteiger partial charge in [0.05, 0.1) is 0 Å². The van der Waals surface area contributed by atoms with Crippen molar-refractivity contribution in [3.63, 3.8) is 0 Å². The van der Waals surface area contributed by atoms with Gasteiger partial charge in [0.15, 0.2) is 0 Å². The van der Waals surface area contributed by atoms with Crippen LogP contribution in [0, 0.1) is 0 Å². The van der Waals surface area contributed by atoms with Gasteiger partial charge in [-0.25, -0.2) is 9.59 Å². The molecule has 7 heteroatoms. The summed E-state index contributed by atoms with van der Waals surface area (Å²) in [6, 6.07) is 0. The summed E-state index contributed by atoms with van der Waals surface area (Å²) in [5, 5.41) is 0. The van der Waals surface area contributed by atoms with Crippen LogP contribution in [0.2, 0.25) is 0 Å². The van der Waals surface area contributed by atoms with Crippen molar-refractivity contribution < 1.29 is 32.2 Å². The van der Waals surface area contributed by atoms with Gasteiger partial charge < -0.3 is 9.47 Å². The summed E-state index contributed by atoms with van der Waals surface area (Å²) >= 11 is 0. The molecule has 0 amide bonds. The van der Waals surface area contributed by atoms with Crippen molar-refractivity contribution >= 4 is 11.9 Å². The first kappa shape index (κ1) is 15.5. The largest absolute Gasteiger partial charge is 0.490 e. The van der Waals surface area contributed by atoms with Crippen LogP contribution in [0.1, 0.15) is 20.3 Å². The minimum atomic E-state index is -5.05. The van der Waals surface area contributed by atoms with E-state index in [2.05, 4.69) is 16.1 Å². The van der Waals surface area contributed by atoms with Crippen LogP contribution in [0.5, 0.6) is 0 Å². The van der Waals surface area contributed by atoms with Gasteiger partial charge in [-0.05, 0) is 13.3 Å². The Morgan fingerprint density at radius 2 is 1.88 bits per heavy atom. The molecule has 0 rings (SSSR count). The Morgan fingerprint density at radius 1 is 1.35 bits per heavy atom. The molecule has 4 nitrogen and oxygen atoms in total. The maximum Gasteiger partial charge on any atom is 0.490 e. The second-order valence-electron chi connectivity index (χ2n) is 3.31. The number of hydrogen-bond acceptors (Lipinski definition) is 4. The highest BCUT2D eigenvalue weighted by molar-refractivity contribution is 5.86. The Balaban J connectivity index is 4.23. The third-order valence-corrected chi connectivity index (χ3v) is 1.71. The van der Waals surface area contributed by atoms with Gasteiger partial charge in [-0.2, -0.15) is 13.2 Å². The minimum Gasteiger partial charge on any atom is -0.458 e. The number of carbonyl (C=O) groups excluding carboxylic acids is 2. The number of alkyl halides is 3. The second-order valence-corrected chi connectivity index (χ2v) is 3.31. The normalized spacial score (nSPS) is 12.8. The summed E-state index contributed by atoms with van der Waals surface area (Å²) in [4.78, 5) is 21.5. The monoisotopic (exact) mass is 254 g/mol. The third-order valence-electron chi connectivity index (χ3n) is 1.71.